The number of hydrogen-bond acceptors (Lipinski definition) is 3. The van der Waals surface area contributed by atoms with E-state index < -0.39 is 35.2 Å². The number of halogens is 5. The minimum atomic E-state index is -4.64. The predicted molar refractivity (Wildman–Crippen MR) is 122 cm³/mol. The first-order chi connectivity index (χ1) is 15.6. The Balaban J connectivity index is 1.94. The average molecular weight is 537 g/mol. The van der Waals surface area contributed by atoms with Crippen LogP contribution in [0.5, 0.6) is 0 Å². The van der Waals surface area contributed by atoms with Crippen LogP contribution in [0.15, 0.2) is 82.8 Å². The molecule has 3 aromatic carbocycles. The number of ketones is 1. The SMILES string of the molecule is O=C1C(=O)N(c2cccc(C(F)(F)F)c2)[C@@H](c2ccc(Br)cc2)/C1=C(\O)c1ccc(Cl)cc1. The average Bonchev–Trinajstić information content (AvgIpc) is 3.04. The molecule has 4 rings (SSSR count). The lowest BCUT2D eigenvalue weighted by molar-refractivity contribution is -0.137. The minimum absolute atomic E-state index is 0.116. The number of aliphatic hydroxyl groups excluding tert-OH is 1. The standard InChI is InChI=1S/C24H14BrClF3NO3/c25-16-8-4-13(5-9-16)20-19(21(31)14-6-10-17(26)11-7-14)22(32)23(33)30(20)18-3-1-2-15(12-18)24(27,28)29/h1-12,20,31H/b21-19+/t20-/m0/s1. The molecule has 3 aromatic rings. The van der Waals surface area contributed by atoms with E-state index in [1.54, 1.807) is 24.3 Å². The van der Waals surface area contributed by atoms with Gasteiger partial charge in [0.15, 0.2) is 0 Å². The van der Waals surface area contributed by atoms with Crippen molar-refractivity contribution in [3.05, 3.63) is 105 Å². The number of hydrogen-bond donors (Lipinski definition) is 1. The normalized spacial score (nSPS) is 18.1. The molecule has 1 heterocycles. The summed E-state index contributed by atoms with van der Waals surface area (Å²) in [5.74, 6) is -2.50. The van der Waals surface area contributed by atoms with Crippen LogP contribution in [-0.4, -0.2) is 16.8 Å². The highest BCUT2D eigenvalue weighted by Gasteiger charge is 2.47. The lowest BCUT2D eigenvalue weighted by Gasteiger charge is -2.26. The van der Waals surface area contributed by atoms with Gasteiger partial charge in [0.2, 0.25) is 0 Å². The van der Waals surface area contributed by atoms with Crippen molar-refractivity contribution >= 4 is 50.7 Å². The molecule has 1 amide bonds. The van der Waals surface area contributed by atoms with Crippen LogP contribution in [0.3, 0.4) is 0 Å². The Morgan fingerprint density at radius 1 is 0.970 bits per heavy atom. The van der Waals surface area contributed by atoms with Crippen LogP contribution in [0.2, 0.25) is 5.02 Å². The van der Waals surface area contributed by atoms with Crippen molar-refractivity contribution in [3.8, 4) is 0 Å². The Kier molecular flexibility index (Phi) is 6.07. The van der Waals surface area contributed by atoms with E-state index in [-0.39, 0.29) is 16.8 Å². The summed E-state index contributed by atoms with van der Waals surface area (Å²) >= 11 is 9.21. The molecule has 0 aliphatic carbocycles. The molecule has 0 unspecified atom stereocenters. The summed E-state index contributed by atoms with van der Waals surface area (Å²) in [6.07, 6.45) is -4.64. The van der Waals surface area contributed by atoms with Crippen LogP contribution in [-0.2, 0) is 15.8 Å². The fourth-order valence-electron chi connectivity index (χ4n) is 3.65. The molecule has 9 heteroatoms. The van der Waals surface area contributed by atoms with Crippen LogP contribution in [0.4, 0.5) is 18.9 Å². The maximum absolute atomic E-state index is 13.3. The fraction of sp³-hybridized carbons (Fsp3) is 0.0833. The molecule has 168 valence electrons. The minimum Gasteiger partial charge on any atom is -0.507 e. The number of anilines is 1. The van der Waals surface area contributed by atoms with E-state index in [2.05, 4.69) is 15.9 Å². The maximum atomic E-state index is 13.3. The maximum Gasteiger partial charge on any atom is 0.416 e. The van der Waals surface area contributed by atoms with Gasteiger partial charge in [-0.2, -0.15) is 13.2 Å². The second kappa shape index (κ2) is 8.68. The lowest BCUT2D eigenvalue weighted by atomic mass is 9.95. The molecule has 1 atom stereocenters. The summed E-state index contributed by atoms with van der Waals surface area (Å²) in [7, 11) is 0. The molecule has 0 bridgehead atoms. The first-order valence-corrected chi connectivity index (χ1v) is 10.7. The molecule has 1 fully saturated rings. The third kappa shape index (κ3) is 4.41. The van der Waals surface area contributed by atoms with Gasteiger partial charge >= 0.3 is 6.18 Å². The molecule has 0 aromatic heterocycles. The second-order valence-electron chi connectivity index (χ2n) is 7.28. The van der Waals surface area contributed by atoms with Crippen LogP contribution in [0, 0.1) is 0 Å². The smallest absolute Gasteiger partial charge is 0.416 e. The van der Waals surface area contributed by atoms with Crippen molar-refractivity contribution < 1.29 is 27.9 Å². The lowest BCUT2D eigenvalue weighted by Crippen LogP contribution is -2.29. The Morgan fingerprint density at radius 2 is 1.61 bits per heavy atom. The number of aliphatic hydroxyl groups is 1. The topological polar surface area (TPSA) is 57.6 Å². The van der Waals surface area contributed by atoms with Gasteiger partial charge in [-0.1, -0.05) is 45.7 Å². The van der Waals surface area contributed by atoms with Crippen molar-refractivity contribution in [2.75, 3.05) is 4.90 Å². The molecular weight excluding hydrogens is 523 g/mol. The van der Waals surface area contributed by atoms with Gasteiger partial charge in [-0.05, 0) is 60.2 Å². The number of alkyl halides is 3. The van der Waals surface area contributed by atoms with Gasteiger partial charge < -0.3 is 5.11 Å². The van der Waals surface area contributed by atoms with Crippen LogP contribution in [0.25, 0.3) is 5.76 Å². The summed E-state index contributed by atoms with van der Waals surface area (Å²) in [4.78, 5) is 27.0. The van der Waals surface area contributed by atoms with E-state index >= 15 is 0 Å². The summed E-state index contributed by atoms with van der Waals surface area (Å²) in [6, 6.07) is 15.6. The van der Waals surface area contributed by atoms with Gasteiger partial charge in [-0.3, -0.25) is 14.5 Å². The number of benzene rings is 3. The van der Waals surface area contributed by atoms with E-state index in [9.17, 15) is 27.9 Å². The molecule has 0 radical (unpaired) electrons. The molecule has 1 aliphatic rings. The summed E-state index contributed by atoms with van der Waals surface area (Å²) < 4.78 is 40.7. The van der Waals surface area contributed by atoms with E-state index in [4.69, 9.17) is 11.6 Å². The summed E-state index contributed by atoms with van der Waals surface area (Å²) in [5.41, 5.74) is -0.639. The van der Waals surface area contributed by atoms with Crippen molar-refractivity contribution in [2.45, 2.75) is 12.2 Å². The zero-order valence-electron chi connectivity index (χ0n) is 16.6. The zero-order chi connectivity index (χ0) is 23.9. The molecule has 33 heavy (non-hydrogen) atoms. The molecule has 1 saturated heterocycles. The number of amides is 1. The van der Waals surface area contributed by atoms with E-state index in [1.165, 1.54) is 30.3 Å². The van der Waals surface area contributed by atoms with Crippen LogP contribution in [0.1, 0.15) is 22.7 Å². The third-order valence-corrected chi connectivity index (χ3v) is 5.98. The van der Waals surface area contributed by atoms with Crippen molar-refractivity contribution in [1.82, 2.24) is 0 Å². The van der Waals surface area contributed by atoms with Gasteiger partial charge in [0.05, 0.1) is 17.2 Å². The van der Waals surface area contributed by atoms with Gasteiger partial charge in [0.1, 0.15) is 5.76 Å². The first-order valence-electron chi connectivity index (χ1n) is 9.57. The highest BCUT2D eigenvalue weighted by atomic mass is 79.9. The monoisotopic (exact) mass is 535 g/mol. The van der Waals surface area contributed by atoms with Crippen LogP contribution < -0.4 is 4.90 Å². The van der Waals surface area contributed by atoms with Crippen molar-refractivity contribution in [3.63, 3.8) is 0 Å². The third-order valence-electron chi connectivity index (χ3n) is 5.20. The van der Waals surface area contributed by atoms with Crippen molar-refractivity contribution in [2.24, 2.45) is 0 Å². The Bertz CT molecular complexity index is 1270. The Labute approximate surface area is 200 Å². The molecule has 0 spiro atoms. The second-order valence-corrected chi connectivity index (χ2v) is 8.63. The van der Waals surface area contributed by atoms with E-state index in [0.717, 1.165) is 27.6 Å². The quantitative estimate of drug-likeness (QED) is 0.229. The van der Waals surface area contributed by atoms with E-state index in [0.29, 0.717) is 10.6 Å². The number of nitrogens with zero attached hydrogens (tertiary/aromatic N) is 1. The molecule has 1 N–H and O–H groups in total. The molecule has 4 nitrogen and oxygen atoms in total. The highest BCUT2D eigenvalue weighted by molar-refractivity contribution is 9.10. The number of carbonyl (C=O) groups excluding carboxylic acids is 2. The van der Waals surface area contributed by atoms with Gasteiger partial charge in [-0.25, -0.2) is 0 Å². The van der Waals surface area contributed by atoms with Gasteiger partial charge in [0, 0.05) is 20.7 Å². The summed E-state index contributed by atoms with van der Waals surface area (Å²) in [5, 5.41) is 11.4. The number of carbonyl (C=O) groups is 2. The summed E-state index contributed by atoms with van der Waals surface area (Å²) in [6.45, 7) is 0. The number of Topliss-reactive ketones (excluding diaryl/α,β-unsaturated/α-hetero) is 1. The van der Waals surface area contributed by atoms with Crippen LogP contribution >= 0.6 is 27.5 Å². The predicted octanol–water partition coefficient (Wildman–Crippen LogP) is 6.75. The van der Waals surface area contributed by atoms with Gasteiger partial charge in [-0.15, -0.1) is 0 Å². The molecular formula is C24H14BrClF3NO3. The fourth-order valence-corrected chi connectivity index (χ4v) is 4.04. The first kappa shape index (κ1) is 23.1. The largest absolute Gasteiger partial charge is 0.507 e. The molecule has 1 aliphatic heterocycles. The number of rotatable bonds is 3. The van der Waals surface area contributed by atoms with E-state index in [1.807, 2.05) is 0 Å². The van der Waals surface area contributed by atoms with Crippen molar-refractivity contribution in [1.29, 1.82) is 0 Å². The van der Waals surface area contributed by atoms with Gasteiger partial charge in [0.25, 0.3) is 11.7 Å². The molecule has 0 saturated carbocycles. The Morgan fingerprint density at radius 3 is 2.21 bits per heavy atom. The highest BCUT2D eigenvalue weighted by Crippen LogP contribution is 2.43. The zero-order valence-corrected chi connectivity index (χ0v) is 18.9. The Hall–Kier alpha value is -3.10.